The molecule has 0 amide bonds. The molecule has 27 heavy (non-hydrogen) atoms. The standard InChI is InChI=1S/C19H23N7O/c1-3-13-10-15(17-23-20-11-26(17)24-13)25-8-6-19(7-9-25)5-4-14-16(19)21-12(2)22-18(14)27/h10-11H,3-9H2,1-2H3,(H,21,22,27). The second kappa shape index (κ2) is 5.87. The van der Waals surface area contributed by atoms with E-state index in [0.29, 0.717) is 5.82 Å². The van der Waals surface area contributed by atoms with Crippen LogP contribution in [0.15, 0.2) is 17.2 Å². The molecule has 0 bridgehead atoms. The van der Waals surface area contributed by atoms with Crippen LogP contribution in [0.3, 0.4) is 0 Å². The fourth-order valence-electron chi connectivity index (χ4n) is 4.69. The van der Waals surface area contributed by atoms with Crippen molar-refractivity contribution in [1.82, 2.24) is 29.8 Å². The minimum Gasteiger partial charge on any atom is -0.368 e. The lowest BCUT2D eigenvalue weighted by Crippen LogP contribution is -2.42. The zero-order valence-corrected chi connectivity index (χ0v) is 15.7. The first-order valence-electron chi connectivity index (χ1n) is 9.65. The predicted molar refractivity (Wildman–Crippen MR) is 101 cm³/mol. The van der Waals surface area contributed by atoms with Crippen molar-refractivity contribution in [3.05, 3.63) is 45.5 Å². The zero-order valence-electron chi connectivity index (χ0n) is 15.7. The number of aromatic amines is 1. The van der Waals surface area contributed by atoms with E-state index in [1.165, 1.54) is 0 Å². The van der Waals surface area contributed by atoms with Crippen LogP contribution in [0.5, 0.6) is 0 Å². The highest BCUT2D eigenvalue weighted by Crippen LogP contribution is 2.45. The van der Waals surface area contributed by atoms with E-state index in [9.17, 15) is 4.79 Å². The Labute approximate surface area is 156 Å². The smallest absolute Gasteiger partial charge is 0.254 e. The van der Waals surface area contributed by atoms with Crippen molar-refractivity contribution in [2.75, 3.05) is 18.0 Å². The molecule has 2 aliphatic rings. The van der Waals surface area contributed by atoms with Crippen LogP contribution in [0.2, 0.25) is 0 Å². The summed E-state index contributed by atoms with van der Waals surface area (Å²) in [5.74, 6) is 0.717. The van der Waals surface area contributed by atoms with Crippen LogP contribution in [0.4, 0.5) is 5.69 Å². The third kappa shape index (κ3) is 2.46. The Balaban J connectivity index is 1.47. The van der Waals surface area contributed by atoms with Crippen molar-refractivity contribution >= 4 is 11.3 Å². The first-order chi connectivity index (χ1) is 13.1. The van der Waals surface area contributed by atoms with Gasteiger partial charge < -0.3 is 9.88 Å². The van der Waals surface area contributed by atoms with E-state index in [1.54, 1.807) is 10.8 Å². The molecular weight excluding hydrogens is 342 g/mol. The third-order valence-electron chi connectivity index (χ3n) is 6.21. The average Bonchev–Trinajstić information content (AvgIpc) is 3.27. The van der Waals surface area contributed by atoms with Crippen molar-refractivity contribution < 1.29 is 0 Å². The van der Waals surface area contributed by atoms with Gasteiger partial charge in [0.1, 0.15) is 12.2 Å². The van der Waals surface area contributed by atoms with Crippen LogP contribution in [0, 0.1) is 6.92 Å². The van der Waals surface area contributed by atoms with Gasteiger partial charge in [-0.1, -0.05) is 6.92 Å². The number of H-pyrrole nitrogens is 1. The van der Waals surface area contributed by atoms with Crippen molar-refractivity contribution in [3.63, 3.8) is 0 Å². The van der Waals surface area contributed by atoms with Crippen molar-refractivity contribution in [2.45, 2.75) is 51.4 Å². The number of aromatic nitrogens is 6. The molecule has 8 heteroatoms. The van der Waals surface area contributed by atoms with E-state index >= 15 is 0 Å². The minimum atomic E-state index is 0.0371. The summed E-state index contributed by atoms with van der Waals surface area (Å²) in [6.45, 7) is 5.81. The van der Waals surface area contributed by atoms with Gasteiger partial charge in [0.2, 0.25) is 5.65 Å². The van der Waals surface area contributed by atoms with Crippen LogP contribution in [-0.4, -0.2) is 42.9 Å². The summed E-state index contributed by atoms with van der Waals surface area (Å²) in [4.78, 5) is 22.3. The van der Waals surface area contributed by atoms with Gasteiger partial charge in [0.15, 0.2) is 0 Å². The molecule has 1 spiro atoms. The van der Waals surface area contributed by atoms with Gasteiger partial charge in [-0.15, -0.1) is 10.2 Å². The molecule has 1 saturated heterocycles. The van der Waals surface area contributed by atoms with Gasteiger partial charge in [-0.05, 0) is 45.1 Å². The molecule has 4 heterocycles. The van der Waals surface area contributed by atoms with E-state index in [0.717, 1.165) is 73.5 Å². The maximum Gasteiger partial charge on any atom is 0.254 e. The summed E-state index contributed by atoms with van der Waals surface area (Å²) in [7, 11) is 0. The molecule has 1 aliphatic carbocycles. The zero-order chi connectivity index (χ0) is 18.6. The molecule has 0 saturated carbocycles. The molecular formula is C19H23N7O. The lowest BCUT2D eigenvalue weighted by molar-refractivity contribution is 0.322. The minimum absolute atomic E-state index is 0.0371. The number of nitrogens with zero attached hydrogens (tertiary/aromatic N) is 6. The van der Waals surface area contributed by atoms with Crippen molar-refractivity contribution in [3.8, 4) is 0 Å². The number of anilines is 1. The third-order valence-corrected chi connectivity index (χ3v) is 6.21. The van der Waals surface area contributed by atoms with Crippen LogP contribution in [-0.2, 0) is 18.3 Å². The Hall–Kier alpha value is -2.77. The van der Waals surface area contributed by atoms with E-state index < -0.39 is 0 Å². The molecule has 1 N–H and O–H groups in total. The van der Waals surface area contributed by atoms with Gasteiger partial charge in [0, 0.05) is 24.1 Å². The second-order valence-corrected chi connectivity index (χ2v) is 7.72. The normalized spacial score (nSPS) is 18.4. The maximum absolute atomic E-state index is 12.3. The SMILES string of the molecule is CCc1cc(N2CCC3(CCc4c3nc(C)[nH]c4=O)CC2)c2nncn2n1. The van der Waals surface area contributed by atoms with Gasteiger partial charge in [-0.25, -0.2) is 4.98 Å². The molecule has 3 aromatic rings. The molecule has 3 aromatic heterocycles. The maximum atomic E-state index is 12.3. The van der Waals surface area contributed by atoms with Crippen molar-refractivity contribution in [2.24, 2.45) is 0 Å². The largest absolute Gasteiger partial charge is 0.368 e. The Kier molecular flexibility index (Phi) is 3.57. The van der Waals surface area contributed by atoms with Gasteiger partial charge in [-0.2, -0.15) is 9.61 Å². The number of hydrogen-bond acceptors (Lipinski definition) is 6. The van der Waals surface area contributed by atoms with Gasteiger partial charge in [-0.3, -0.25) is 4.79 Å². The number of piperidine rings is 1. The fraction of sp³-hybridized carbons (Fsp3) is 0.526. The summed E-state index contributed by atoms with van der Waals surface area (Å²) < 4.78 is 1.77. The summed E-state index contributed by atoms with van der Waals surface area (Å²) in [6.07, 6.45) is 6.39. The Bertz CT molecular complexity index is 1080. The monoisotopic (exact) mass is 365 g/mol. The van der Waals surface area contributed by atoms with Crippen molar-refractivity contribution in [1.29, 1.82) is 0 Å². The van der Waals surface area contributed by atoms with Gasteiger partial charge in [0.25, 0.3) is 5.56 Å². The summed E-state index contributed by atoms with van der Waals surface area (Å²) in [5, 5.41) is 12.8. The second-order valence-electron chi connectivity index (χ2n) is 7.72. The first kappa shape index (κ1) is 16.4. The highest BCUT2D eigenvalue weighted by molar-refractivity contribution is 5.68. The molecule has 0 unspecified atom stereocenters. The molecule has 1 aliphatic heterocycles. The lowest BCUT2D eigenvalue weighted by Gasteiger charge is -2.40. The Morgan fingerprint density at radius 3 is 2.85 bits per heavy atom. The topological polar surface area (TPSA) is 92.1 Å². The molecule has 0 radical (unpaired) electrons. The molecule has 5 rings (SSSR count). The number of hydrogen-bond donors (Lipinski definition) is 1. The molecule has 0 atom stereocenters. The number of aryl methyl sites for hydroxylation is 2. The van der Waals surface area contributed by atoms with Crippen LogP contribution < -0.4 is 10.5 Å². The fourth-order valence-corrected chi connectivity index (χ4v) is 4.69. The number of nitrogens with one attached hydrogen (secondary N) is 1. The Morgan fingerprint density at radius 2 is 2.07 bits per heavy atom. The highest BCUT2D eigenvalue weighted by atomic mass is 16.1. The average molecular weight is 365 g/mol. The van der Waals surface area contributed by atoms with E-state index in [2.05, 4.69) is 38.2 Å². The predicted octanol–water partition coefficient (Wildman–Crippen LogP) is 1.56. The van der Waals surface area contributed by atoms with E-state index in [4.69, 9.17) is 4.98 Å². The quantitative estimate of drug-likeness (QED) is 0.741. The van der Waals surface area contributed by atoms with Gasteiger partial charge >= 0.3 is 0 Å². The summed E-state index contributed by atoms with van der Waals surface area (Å²) in [6, 6.07) is 2.14. The van der Waals surface area contributed by atoms with E-state index in [-0.39, 0.29) is 11.0 Å². The first-order valence-corrected chi connectivity index (χ1v) is 9.65. The number of fused-ring (bicyclic) bond motifs is 3. The van der Waals surface area contributed by atoms with Crippen LogP contribution in [0.1, 0.15) is 49.0 Å². The summed E-state index contributed by atoms with van der Waals surface area (Å²) >= 11 is 0. The lowest BCUT2D eigenvalue weighted by atomic mass is 9.76. The highest BCUT2D eigenvalue weighted by Gasteiger charge is 2.44. The molecule has 8 nitrogen and oxygen atoms in total. The summed E-state index contributed by atoms with van der Waals surface area (Å²) in [5.41, 5.74) is 4.96. The van der Waals surface area contributed by atoms with E-state index in [1.807, 2.05) is 6.92 Å². The molecule has 0 aromatic carbocycles. The van der Waals surface area contributed by atoms with Crippen LogP contribution in [0.25, 0.3) is 5.65 Å². The van der Waals surface area contributed by atoms with Crippen LogP contribution >= 0.6 is 0 Å². The molecule has 1 fully saturated rings. The molecule has 140 valence electrons. The Morgan fingerprint density at radius 1 is 1.26 bits per heavy atom. The van der Waals surface area contributed by atoms with Gasteiger partial charge in [0.05, 0.1) is 17.1 Å². The number of rotatable bonds is 2.